The third-order valence-corrected chi connectivity index (χ3v) is 3.44. The zero-order valence-corrected chi connectivity index (χ0v) is 12.3. The van der Waals surface area contributed by atoms with Crippen molar-refractivity contribution >= 4 is 29.0 Å². The summed E-state index contributed by atoms with van der Waals surface area (Å²) in [5, 5.41) is 5.06. The highest BCUT2D eigenvalue weighted by Gasteiger charge is 2.16. The Morgan fingerprint density at radius 2 is 1.62 bits per heavy atom. The van der Waals surface area contributed by atoms with Gasteiger partial charge in [0.15, 0.2) is 0 Å². The Hall–Kier alpha value is -2.10. The molecule has 0 aliphatic carbocycles. The molecule has 0 saturated carbocycles. The molecule has 3 nitrogen and oxygen atoms in total. The first-order valence-corrected chi connectivity index (χ1v) is 7.01. The number of aromatic nitrogens is 2. The predicted octanol–water partition coefficient (Wildman–Crippen LogP) is 4.41. The highest BCUT2D eigenvalue weighted by molar-refractivity contribution is 6.35. The van der Waals surface area contributed by atoms with Gasteiger partial charge in [0.1, 0.15) is 5.69 Å². The number of hydrogen-bond acceptors (Lipinski definition) is 2. The third-order valence-electron chi connectivity index (χ3n) is 3.00. The zero-order valence-electron chi connectivity index (χ0n) is 10.8. The van der Waals surface area contributed by atoms with Crippen LogP contribution in [0.1, 0.15) is 16.1 Å². The SMILES string of the molecule is O=C(c1cc(Cl)cc(Cl)c1)c1ccnn1-c1ccccc1. The van der Waals surface area contributed by atoms with Crippen LogP contribution in [-0.4, -0.2) is 15.6 Å². The molecule has 0 bridgehead atoms. The van der Waals surface area contributed by atoms with Gasteiger partial charge in [-0.1, -0.05) is 41.4 Å². The summed E-state index contributed by atoms with van der Waals surface area (Å²) < 4.78 is 1.59. The van der Waals surface area contributed by atoms with Crippen molar-refractivity contribution in [1.29, 1.82) is 0 Å². The van der Waals surface area contributed by atoms with Crippen molar-refractivity contribution in [3.8, 4) is 5.69 Å². The number of nitrogens with zero attached hydrogens (tertiary/aromatic N) is 2. The molecule has 0 unspecified atom stereocenters. The molecule has 1 aromatic heterocycles. The van der Waals surface area contributed by atoms with Gasteiger partial charge < -0.3 is 0 Å². The molecule has 5 heteroatoms. The van der Waals surface area contributed by atoms with E-state index < -0.39 is 0 Å². The summed E-state index contributed by atoms with van der Waals surface area (Å²) in [6.07, 6.45) is 1.59. The first-order chi connectivity index (χ1) is 10.1. The van der Waals surface area contributed by atoms with E-state index in [1.54, 1.807) is 35.1 Å². The maximum atomic E-state index is 12.6. The van der Waals surface area contributed by atoms with Gasteiger partial charge in [0.2, 0.25) is 5.78 Å². The van der Waals surface area contributed by atoms with Crippen LogP contribution < -0.4 is 0 Å². The molecule has 0 fully saturated rings. The molecule has 1 heterocycles. The van der Waals surface area contributed by atoms with Crippen molar-refractivity contribution in [2.24, 2.45) is 0 Å². The summed E-state index contributed by atoms with van der Waals surface area (Å²) in [5.74, 6) is -0.180. The average molecular weight is 317 g/mol. The fraction of sp³-hybridized carbons (Fsp3) is 0. The molecule has 104 valence electrons. The molecule has 21 heavy (non-hydrogen) atoms. The first-order valence-electron chi connectivity index (χ1n) is 6.25. The number of para-hydroxylation sites is 1. The third kappa shape index (κ3) is 2.84. The van der Waals surface area contributed by atoms with Gasteiger partial charge in [-0.05, 0) is 36.4 Å². The number of benzene rings is 2. The lowest BCUT2D eigenvalue weighted by atomic mass is 10.1. The van der Waals surface area contributed by atoms with Gasteiger partial charge in [0.05, 0.1) is 11.9 Å². The molecule has 3 aromatic rings. The number of hydrogen-bond donors (Lipinski definition) is 0. The normalized spacial score (nSPS) is 10.6. The van der Waals surface area contributed by atoms with Crippen LogP contribution in [-0.2, 0) is 0 Å². The van der Waals surface area contributed by atoms with Crippen LogP contribution >= 0.6 is 23.2 Å². The van der Waals surface area contributed by atoms with E-state index in [9.17, 15) is 4.79 Å². The highest BCUT2D eigenvalue weighted by Crippen LogP contribution is 2.22. The Labute approximate surface area is 131 Å². The number of rotatable bonds is 3. The Morgan fingerprint density at radius 1 is 0.952 bits per heavy atom. The molecule has 0 spiro atoms. The summed E-state index contributed by atoms with van der Waals surface area (Å²) in [6.45, 7) is 0. The molecule has 3 rings (SSSR count). The Kier molecular flexibility index (Phi) is 3.78. The van der Waals surface area contributed by atoms with E-state index in [-0.39, 0.29) is 5.78 Å². The van der Waals surface area contributed by atoms with Crippen molar-refractivity contribution in [3.63, 3.8) is 0 Å². The molecule has 0 aliphatic rings. The monoisotopic (exact) mass is 316 g/mol. The van der Waals surface area contributed by atoms with Crippen LogP contribution in [0, 0.1) is 0 Å². The van der Waals surface area contributed by atoms with Gasteiger partial charge in [0, 0.05) is 15.6 Å². The van der Waals surface area contributed by atoms with Crippen LogP contribution in [0.2, 0.25) is 10.0 Å². The summed E-state index contributed by atoms with van der Waals surface area (Å²) in [7, 11) is 0. The fourth-order valence-electron chi connectivity index (χ4n) is 2.08. The maximum absolute atomic E-state index is 12.6. The summed E-state index contributed by atoms with van der Waals surface area (Å²) in [5.41, 5.74) is 1.71. The summed E-state index contributed by atoms with van der Waals surface area (Å²) in [4.78, 5) is 12.6. The Morgan fingerprint density at radius 3 is 2.29 bits per heavy atom. The maximum Gasteiger partial charge on any atom is 0.211 e. The largest absolute Gasteiger partial charge is 0.287 e. The van der Waals surface area contributed by atoms with Crippen molar-refractivity contribution < 1.29 is 4.79 Å². The molecule has 0 atom stereocenters. The molecule has 0 aliphatic heterocycles. The van der Waals surface area contributed by atoms with E-state index in [1.807, 2.05) is 30.3 Å². The minimum absolute atomic E-state index is 0.180. The number of halogens is 2. The van der Waals surface area contributed by atoms with Crippen molar-refractivity contribution in [1.82, 2.24) is 9.78 Å². The lowest BCUT2D eigenvalue weighted by Crippen LogP contribution is -2.10. The second kappa shape index (κ2) is 5.72. The lowest BCUT2D eigenvalue weighted by Gasteiger charge is -2.07. The van der Waals surface area contributed by atoms with E-state index in [4.69, 9.17) is 23.2 Å². The van der Waals surface area contributed by atoms with E-state index in [0.29, 0.717) is 21.3 Å². The molecule has 0 amide bonds. The molecule has 0 radical (unpaired) electrons. The second-order valence-corrected chi connectivity index (χ2v) is 5.32. The minimum atomic E-state index is -0.180. The van der Waals surface area contributed by atoms with Crippen molar-refractivity contribution in [3.05, 3.63) is 82.1 Å². The molecule has 2 aromatic carbocycles. The van der Waals surface area contributed by atoms with E-state index >= 15 is 0 Å². The lowest BCUT2D eigenvalue weighted by molar-refractivity contribution is 0.103. The standard InChI is InChI=1S/C16H10Cl2N2O/c17-12-8-11(9-13(18)10-12)16(21)15-6-7-19-20(15)14-4-2-1-3-5-14/h1-10H. The van der Waals surface area contributed by atoms with Gasteiger partial charge >= 0.3 is 0 Å². The van der Waals surface area contributed by atoms with Gasteiger partial charge in [-0.2, -0.15) is 5.10 Å². The Bertz CT molecular complexity index is 777. The topological polar surface area (TPSA) is 34.9 Å². The molecule has 0 saturated heterocycles. The van der Waals surface area contributed by atoms with Crippen LogP contribution in [0.5, 0.6) is 0 Å². The van der Waals surface area contributed by atoms with Crippen molar-refractivity contribution in [2.45, 2.75) is 0 Å². The smallest absolute Gasteiger partial charge is 0.211 e. The van der Waals surface area contributed by atoms with Gasteiger partial charge in [-0.3, -0.25) is 4.79 Å². The number of carbonyl (C=O) groups is 1. The second-order valence-electron chi connectivity index (χ2n) is 4.45. The van der Waals surface area contributed by atoms with Crippen LogP contribution in [0.3, 0.4) is 0 Å². The van der Waals surface area contributed by atoms with Crippen LogP contribution in [0.15, 0.2) is 60.8 Å². The minimum Gasteiger partial charge on any atom is -0.287 e. The highest BCUT2D eigenvalue weighted by atomic mass is 35.5. The quantitative estimate of drug-likeness (QED) is 0.671. The van der Waals surface area contributed by atoms with Gasteiger partial charge in [-0.15, -0.1) is 0 Å². The first kappa shape index (κ1) is 13.9. The van der Waals surface area contributed by atoms with E-state index in [2.05, 4.69) is 5.10 Å². The summed E-state index contributed by atoms with van der Waals surface area (Å²) in [6, 6.07) is 15.9. The van der Waals surface area contributed by atoms with Crippen molar-refractivity contribution in [2.75, 3.05) is 0 Å². The fourth-order valence-corrected chi connectivity index (χ4v) is 2.61. The molecular formula is C16H10Cl2N2O. The van der Waals surface area contributed by atoms with Crippen LogP contribution in [0.25, 0.3) is 5.69 Å². The predicted molar refractivity (Wildman–Crippen MR) is 83.5 cm³/mol. The van der Waals surface area contributed by atoms with Gasteiger partial charge in [-0.25, -0.2) is 4.68 Å². The number of carbonyl (C=O) groups excluding carboxylic acids is 1. The number of ketones is 1. The average Bonchev–Trinajstić information content (AvgIpc) is 2.95. The van der Waals surface area contributed by atoms with Gasteiger partial charge in [0.25, 0.3) is 0 Å². The zero-order chi connectivity index (χ0) is 14.8. The molecule has 0 N–H and O–H groups in total. The van der Waals surface area contributed by atoms with E-state index in [0.717, 1.165) is 5.69 Å². The summed E-state index contributed by atoms with van der Waals surface area (Å²) >= 11 is 11.9. The Balaban J connectivity index is 2.06. The van der Waals surface area contributed by atoms with E-state index in [1.165, 1.54) is 0 Å². The molecular weight excluding hydrogens is 307 g/mol. The van der Waals surface area contributed by atoms with Crippen LogP contribution in [0.4, 0.5) is 0 Å².